The van der Waals surface area contributed by atoms with Crippen molar-refractivity contribution in [2.24, 2.45) is 5.10 Å². The second kappa shape index (κ2) is 10.3. The summed E-state index contributed by atoms with van der Waals surface area (Å²) in [4.78, 5) is 38.5. The lowest BCUT2D eigenvalue weighted by molar-refractivity contribution is -0.148. The van der Waals surface area contributed by atoms with Gasteiger partial charge in [-0.3, -0.25) is 9.59 Å². The van der Waals surface area contributed by atoms with E-state index in [1.54, 1.807) is 54.6 Å². The molecule has 2 amide bonds. The maximum atomic E-state index is 13.1. The topological polar surface area (TPSA) is 131 Å². The Morgan fingerprint density at radius 1 is 1.11 bits per heavy atom. The predicted molar refractivity (Wildman–Crippen MR) is 127 cm³/mol. The molecular formula is C24H25N3O7S. The molecule has 0 aromatic heterocycles. The van der Waals surface area contributed by atoms with Crippen LogP contribution in [0.5, 0.6) is 5.75 Å². The minimum absolute atomic E-state index is 0.00348. The second-order valence-corrected chi connectivity index (χ2v) is 10.5. The molecule has 0 saturated carbocycles. The zero-order valence-electron chi connectivity index (χ0n) is 19.0. The van der Waals surface area contributed by atoms with Crippen molar-refractivity contribution in [3.05, 3.63) is 60.2 Å². The maximum absolute atomic E-state index is 13.1. The summed E-state index contributed by atoms with van der Waals surface area (Å²) in [6.07, 6.45) is -0.992. The highest BCUT2D eigenvalue weighted by molar-refractivity contribution is 7.91. The number of hydrazone groups is 1. The quantitative estimate of drug-likeness (QED) is 0.577. The van der Waals surface area contributed by atoms with Gasteiger partial charge in [0.15, 0.2) is 9.84 Å². The van der Waals surface area contributed by atoms with Gasteiger partial charge in [-0.25, -0.2) is 18.2 Å². The predicted octanol–water partition coefficient (Wildman–Crippen LogP) is 2.08. The van der Waals surface area contributed by atoms with E-state index in [-0.39, 0.29) is 42.4 Å². The normalized spacial score (nSPS) is 20.0. The number of nitrogens with zero attached hydrogens (tertiary/aromatic N) is 2. The fraction of sp³-hybridized carbons (Fsp3) is 0.333. The van der Waals surface area contributed by atoms with Crippen LogP contribution in [0.1, 0.15) is 30.9 Å². The molecule has 0 spiro atoms. The molecular weight excluding hydrogens is 474 g/mol. The minimum Gasteiger partial charge on any atom is -0.497 e. The van der Waals surface area contributed by atoms with Gasteiger partial charge in [0.2, 0.25) is 12.0 Å². The molecule has 1 saturated heterocycles. The van der Waals surface area contributed by atoms with Gasteiger partial charge in [-0.1, -0.05) is 36.4 Å². The molecule has 2 atom stereocenters. The number of anilines is 1. The van der Waals surface area contributed by atoms with Crippen LogP contribution in [0.25, 0.3) is 0 Å². The molecule has 4 rings (SSSR count). The van der Waals surface area contributed by atoms with E-state index >= 15 is 0 Å². The van der Waals surface area contributed by atoms with Crippen LogP contribution in [0.15, 0.2) is 59.7 Å². The molecule has 1 fully saturated rings. The van der Waals surface area contributed by atoms with Crippen LogP contribution in [0, 0.1) is 0 Å². The Bertz CT molecular complexity index is 1260. The highest BCUT2D eigenvalue weighted by atomic mass is 32.2. The number of methoxy groups -OCH3 is 1. The number of esters is 1. The Kier molecular flexibility index (Phi) is 7.15. The number of carbonyl (C=O) groups is 3. The number of nitrogens with one attached hydrogen (secondary N) is 1. The van der Waals surface area contributed by atoms with E-state index in [0.29, 0.717) is 17.0 Å². The Hall–Kier alpha value is -3.73. The van der Waals surface area contributed by atoms with Crippen LogP contribution in [-0.4, -0.2) is 61.6 Å². The highest BCUT2D eigenvalue weighted by Gasteiger charge is 2.38. The Morgan fingerprint density at radius 2 is 1.89 bits per heavy atom. The van der Waals surface area contributed by atoms with Crippen molar-refractivity contribution in [3.8, 4) is 5.75 Å². The van der Waals surface area contributed by atoms with Gasteiger partial charge in [0, 0.05) is 30.2 Å². The molecule has 0 bridgehead atoms. The third kappa shape index (κ3) is 5.86. The number of carbonyl (C=O) groups excluding carboxylic acids is 3. The number of sulfone groups is 1. The second-order valence-electron chi connectivity index (χ2n) is 8.26. The Morgan fingerprint density at radius 3 is 2.57 bits per heavy atom. The molecule has 1 N–H and O–H groups in total. The summed E-state index contributed by atoms with van der Waals surface area (Å²) in [5, 5.41) is 7.94. The number of benzene rings is 2. The fourth-order valence-electron chi connectivity index (χ4n) is 3.96. The molecule has 11 heteroatoms. The Balaban J connectivity index is 1.54. The van der Waals surface area contributed by atoms with Gasteiger partial charge in [0.05, 0.1) is 24.7 Å². The van der Waals surface area contributed by atoms with Crippen molar-refractivity contribution < 1.29 is 32.3 Å². The SMILES string of the molecule is COc1cccc(NC(=O)C(OC(=O)C2=NN(C3CCS(=O)(=O)C3)C(=O)CC2)c2ccccc2)c1. The van der Waals surface area contributed by atoms with Gasteiger partial charge in [0.25, 0.3) is 5.91 Å². The molecule has 184 valence electrons. The zero-order valence-corrected chi connectivity index (χ0v) is 19.9. The molecule has 10 nitrogen and oxygen atoms in total. The number of ether oxygens (including phenoxy) is 2. The molecule has 35 heavy (non-hydrogen) atoms. The summed E-state index contributed by atoms with van der Waals surface area (Å²) in [5.74, 6) is -1.45. The molecule has 2 heterocycles. The van der Waals surface area contributed by atoms with Crippen LogP contribution < -0.4 is 10.1 Å². The Labute approximate surface area is 202 Å². The van der Waals surface area contributed by atoms with Crippen LogP contribution in [0.4, 0.5) is 5.69 Å². The van der Waals surface area contributed by atoms with E-state index in [0.717, 1.165) is 5.01 Å². The fourth-order valence-corrected chi connectivity index (χ4v) is 5.65. The first-order chi connectivity index (χ1) is 16.8. The number of hydrogen-bond donors (Lipinski definition) is 1. The van der Waals surface area contributed by atoms with Gasteiger partial charge in [0.1, 0.15) is 11.5 Å². The van der Waals surface area contributed by atoms with Crippen LogP contribution >= 0.6 is 0 Å². The van der Waals surface area contributed by atoms with Gasteiger partial charge in [-0.05, 0) is 18.6 Å². The lowest BCUT2D eigenvalue weighted by atomic mass is 10.1. The van der Waals surface area contributed by atoms with Gasteiger partial charge in [-0.2, -0.15) is 5.10 Å². The largest absolute Gasteiger partial charge is 0.497 e. The summed E-state index contributed by atoms with van der Waals surface area (Å²) in [7, 11) is -1.74. The van der Waals surface area contributed by atoms with Crippen molar-refractivity contribution in [2.45, 2.75) is 31.4 Å². The first-order valence-electron chi connectivity index (χ1n) is 11.1. The van der Waals surface area contributed by atoms with Gasteiger partial charge < -0.3 is 14.8 Å². The zero-order chi connectivity index (χ0) is 25.0. The average molecular weight is 500 g/mol. The molecule has 2 aromatic rings. The van der Waals surface area contributed by atoms with E-state index in [2.05, 4.69) is 10.4 Å². The lowest BCUT2D eigenvalue weighted by Crippen LogP contribution is -2.42. The van der Waals surface area contributed by atoms with E-state index in [1.807, 2.05) is 0 Å². The minimum atomic E-state index is -3.25. The number of hydrogen-bond acceptors (Lipinski definition) is 8. The first-order valence-corrected chi connectivity index (χ1v) is 12.9. The summed E-state index contributed by atoms with van der Waals surface area (Å²) >= 11 is 0. The third-order valence-corrected chi connectivity index (χ3v) is 7.50. The molecule has 2 aliphatic heterocycles. The van der Waals surface area contributed by atoms with Gasteiger partial charge in [-0.15, -0.1) is 0 Å². The number of amides is 2. The van der Waals surface area contributed by atoms with E-state index in [9.17, 15) is 22.8 Å². The van der Waals surface area contributed by atoms with E-state index < -0.39 is 33.9 Å². The standard InChI is InChI=1S/C24H25N3O7S/c1-33-19-9-5-8-17(14-19)25-23(29)22(16-6-3-2-4-7-16)34-24(30)20-10-11-21(28)27(26-20)18-12-13-35(31,32)15-18/h2-9,14,18,22H,10-13,15H2,1H3,(H,25,29). The van der Waals surface area contributed by atoms with E-state index in [1.165, 1.54) is 7.11 Å². The average Bonchev–Trinajstić information content (AvgIpc) is 3.22. The molecule has 0 radical (unpaired) electrons. The lowest BCUT2D eigenvalue weighted by Gasteiger charge is -2.27. The molecule has 2 aromatic carbocycles. The van der Waals surface area contributed by atoms with Crippen LogP contribution in [-0.2, 0) is 29.0 Å². The van der Waals surface area contributed by atoms with Gasteiger partial charge >= 0.3 is 5.97 Å². The van der Waals surface area contributed by atoms with Crippen molar-refractivity contribution in [2.75, 3.05) is 23.9 Å². The summed E-state index contributed by atoms with van der Waals surface area (Å²) in [6.45, 7) is 0. The molecule has 2 aliphatic rings. The molecule has 0 aliphatic carbocycles. The van der Waals surface area contributed by atoms with Crippen molar-refractivity contribution >= 4 is 39.0 Å². The monoisotopic (exact) mass is 499 g/mol. The summed E-state index contributed by atoms with van der Waals surface area (Å²) in [6, 6.07) is 14.7. The molecule has 2 unspecified atom stereocenters. The van der Waals surface area contributed by atoms with Crippen molar-refractivity contribution in [1.29, 1.82) is 0 Å². The number of rotatable bonds is 7. The van der Waals surface area contributed by atoms with E-state index in [4.69, 9.17) is 9.47 Å². The van der Waals surface area contributed by atoms with Crippen LogP contribution in [0.2, 0.25) is 0 Å². The smallest absolute Gasteiger partial charge is 0.355 e. The summed E-state index contributed by atoms with van der Waals surface area (Å²) in [5.41, 5.74) is 0.872. The first kappa shape index (κ1) is 24.4. The maximum Gasteiger partial charge on any atom is 0.355 e. The third-order valence-electron chi connectivity index (χ3n) is 5.75. The summed E-state index contributed by atoms with van der Waals surface area (Å²) < 4.78 is 34.4. The van der Waals surface area contributed by atoms with Crippen molar-refractivity contribution in [3.63, 3.8) is 0 Å². The highest BCUT2D eigenvalue weighted by Crippen LogP contribution is 2.25. The van der Waals surface area contributed by atoms with Crippen LogP contribution in [0.3, 0.4) is 0 Å². The van der Waals surface area contributed by atoms with Crippen molar-refractivity contribution in [1.82, 2.24) is 5.01 Å².